The van der Waals surface area contributed by atoms with E-state index in [1.54, 1.807) is 6.07 Å². The minimum absolute atomic E-state index is 0.104. The maximum Gasteiger partial charge on any atom is 0.326 e. The fourth-order valence-electron chi connectivity index (χ4n) is 2.80. The first-order chi connectivity index (χ1) is 10.1. The largest absolute Gasteiger partial charge is 0.356 e. The molecule has 3 heterocycles. The standard InChI is InChI=1S/C13H17N5O2S/c1-8(14)9-3-2-4-17(6-9)12-10-5-11(18(19)20)21-13(10)16-7-15-12/h5,7-9H,2-4,6,14H2,1H3. The molecule has 2 atom stereocenters. The van der Waals surface area contributed by atoms with Crippen LogP contribution in [-0.4, -0.2) is 34.0 Å². The first-order valence-electron chi connectivity index (χ1n) is 6.95. The summed E-state index contributed by atoms with van der Waals surface area (Å²) in [6.45, 7) is 3.77. The van der Waals surface area contributed by atoms with E-state index in [2.05, 4.69) is 14.9 Å². The number of piperidine rings is 1. The van der Waals surface area contributed by atoms with Gasteiger partial charge in [-0.05, 0) is 37.0 Å². The number of anilines is 1. The van der Waals surface area contributed by atoms with Crippen molar-refractivity contribution >= 4 is 32.4 Å². The van der Waals surface area contributed by atoms with Gasteiger partial charge in [0.2, 0.25) is 0 Å². The van der Waals surface area contributed by atoms with E-state index in [0.717, 1.165) is 48.5 Å². The van der Waals surface area contributed by atoms with Crippen LogP contribution in [-0.2, 0) is 0 Å². The van der Waals surface area contributed by atoms with Crippen molar-refractivity contribution in [2.45, 2.75) is 25.8 Å². The second kappa shape index (κ2) is 5.53. The smallest absolute Gasteiger partial charge is 0.326 e. The summed E-state index contributed by atoms with van der Waals surface area (Å²) in [7, 11) is 0. The highest BCUT2D eigenvalue weighted by Crippen LogP contribution is 2.35. The molecule has 0 amide bonds. The van der Waals surface area contributed by atoms with Crippen molar-refractivity contribution in [1.29, 1.82) is 0 Å². The van der Waals surface area contributed by atoms with Crippen LogP contribution in [0, 0.1) is 16.0 Å². The molecule has 112 valence electrons. The van der Waals surface area contributed by atoms with E-state index >= 15 is 0 Å². The fraction of sp³-hybridized carbons (Fsp3) is 0.538. The lowest BCUT2D eigenvalue weighted by Crippen LogP contribution is -2.42. The molecule has 8 heteroatoms. The van der Waals surface area contributed by atoms with Gasteiger partial charge in [-0.15, -0.1) is 0 Å². The van der Waals surface area contributed by atoms with Crippen molar-refractivity contribution < 1.29 is 4.92 Å². The van der Waals surface area contributed by atoms with Crippen LogP contribution in [0.5, 0.6) is 0 Å². The van der Waals surface area contributed by atoms with Gasteiger partial charge in [0.15, 0.2) is 0 Å². The summed E-state index contributed by atoms with van der Waals surface area (Å²) in [5.41, 5.74) is 6.02. The number of fused-ring (bicyclic) bond motifs is 1. The van der Waals surface area contributed by atoms with E-state index in [1.807, 2.05) is 6.92 Å². The van der Waals surface area contributed by atoms with Gasteiger partial charge in [0.05, 0.1) is 10.3 Å². The average Bonchev–Trinajstić information content (AvgIpc) is 2.91. The van der Waals surface area contributed by atoms with Gasteiger partial charge in [-0.1, -0.05) is 0 Å². The zero-order valence-corrected chi connectivity index (χ0v) is 12.5. The van der Waals surface area contributed by atoms with Gasteiger partial charge in [-0.3, -0.25) is 10.1 Å². The van der Waals surface area contributed by atoms with Crippen molar-refractivity contribution in [3.8, 4) is 0 Å². The molecular formula is C13H17N5O2S. The Balaban J connectivity index is 1.97. The normalized spacial score (nSPS) is 20.7. The molecule has 1 aliphatic rings. The Morgan fingerprint density at radius 3 is 3.10 bits per heavy atom. The van der Waals surface area contributed by atoms with Crippen molar-refractivity contribution in [3.05, 3.63) is 22.5 Å². The number of aromatic nitrogens is 2. The van der Waals surface area contributed by atoms with E-state index in [-0.39, 0.29) is 16.0 Å². The summed E-state index contributed by atoms with van der Waals surface area (Å²) in [5, 5.41) is 11.8. The highest BCUT2D eigenvalue weighted by molar-refractivity contribution is 7.21. The molecule has 1 saturated heterocycles. The molecule has 21 heavy (non-hydrogen) atoms. The first kappa shape index (κ1) is 14.2. The molecule has 0 spiro atoms. The van der Waals surface area contributed by atoms with Crippen LogP contribution in [0.15, 0.2) is 12.4 Å². The molecule has 3 rings (SSSR count). The minimum Gasteiger partial charge on any atom is -0.356 e. The number of nitrogens with two attached hydrogens (primary N) is 1. The van der Waals surface area contributed by atoms with E-state index in [4.69, 9.17) is 5.73 Å². The predicted molar refractivity (Wildman–Crippen MR) is 82.7 cm³/mol. The fourth-order valence-corrected chi connectivity index (χ4v) is 3.61. The molecule has 0 aliphatic carbocycles. The molecule has 2 aromatic rings. The number of thiophene rings is 1. The van der Waals surface area contributed by atoms with Gasteiger partial charge in [-0.25, -0.2) is 9.97 Å². The van der Waals surface area contributed by atoms with Crippen LogP contribution in [0.4, 0.5) is 10.8 Å². The van der Waals surface area contributed by atoms with Crippen molar-refractivity contribution in [3.63, 3.8) is 0 Å². The lowest BCUT2D eigenvalue weighted by atomic mass is 9.92. The van der Waals surface area contributed by atoms with Crippen LogP contribution in [0.1, 0.15) is 19.8 Å². The Morgan fingerprint density at radius 1 is 1.57 bits per heavy atom. The number of hydrogen-bond donors (Lipinski definition) is 1. The second-order valence-electron chi connectivity index (χ2n) is 5.47. The molecule has 0 radical (unpaired) electrons. The third kappa shape index (κ3) is 2.68. The summed E-state index contributed by atoms with van der Waals surface area (Å²) in [5.74, 6) is 1.21. The van der Waals surface area contributed by atoms with E-state index in [1.165, 1.54) is 6.33 Å². The Hall–Kier alpha value is -1.80. The quantitative estimate of drug-likeness (QED) is 0.689. The van der Waals surface area contributed by atoms with E-state index in [9.17, 15) is 10.1 Å². The molecule has 2 unspecified atom stereocenters. The Kier molecular flexibility index (Phi) is 3.73. The maximum atomic E-state index is 10.9. The Bertz CT molecular complexity index is 672. The predicted octanol–water partition coefficient (Wildman–Crippen LogP) is 2.16. The molecule has 0 saturated carbocycles. The van der Waals surface area contributed by atoms with Crippen molar-refractivity contribution in [1.82, 2.24) is 9.97 Å². The summed E-state index contributed by atoms with van der Waals surface area (Å²) < 4.78 is 0. The molecule has 0 bridgehead atoms. The Morgan fingerprint density at radius 2 is 2.38 bits per heavy atom. The summed E-state index contributed by atoms with van der Waals surface area (Å²) in [6, 6.07) is 1.71. The zero-order chi connectivity index (χ0) is 15.0. The molecule has 2 aromatic heterocycles. The van der Waals surface area contributed by atoms with Crippen molar-refractivity contribution in [2.24, 2.45) is 11.7 Å². The highest BCUT2D eigenvalue weighted by Gasteiger charge is 2.26. The van der Waals surface area contributed by atoms with Crippen LogP contribution < -0.4 is 10.6 Å². The molecule has 1 fully saturated rings. The first-order valence-corrected chi connectivity index (χ1v) is 7.77. The summed E-state index contributed by atoms with van der Waals surface area (Å²) in [4.78, 5) is 21.9. The minimum atomic E-state index is -0.378. The number of nitrogens with zero attached hydrogens (tertiary/aromatic N) is 4. The van der Waals surface area contributed by atoms with Crippen molar-refractivity contribution in [2.75, 3.05) is 18.0 Å². The lowest BCUT2D eigenvalue weighted by molar-refractivity contribution is -0.380. The summed E-state index contributed by atoms with van der Waals surface area (Å²) in [6.07, 6.45) is 3.66. The second-order valence-corrected chi connectivity index (χ2v) is 6.47. The zero-order valence-electron chi connectivity index (χ0n) is 11.7. The highest BCUT2D eigenvalue weighted by atomic mass is 32.1. The SMILES string of the molecule is CC(N)C1CCCN(c2ncnc3sc([N+](=O)[O-])cc23)C1. The van der Waals surface area contributed by atoms with E-state index < -0.39 is 0 Å². The van der Waals surface area contributed by atoms with Crippen LogP contribution >= 0.6 is 11.3 Å². The molecule has 1 aliphatic heterocycles. The van der Waals surface area contributed by atoms with Crippen LogP contribution in [0.25, 0.3) is 10.2 Å². The average molecular weight is 307 g/mol. The topological polar surface area (TPSA) is 98.2 Å². The third-order valence-corrected chi connectivity index (χ3v) is 4.97. The molecule has 7 nitrogen and oxygen atoms in total. The third-order valence-electron chi connectivity index (χ3n) is 3.98. The van der Waals surface area contributed by atoms with Gasteiger partial charge in [0, 0.05) is 25.2 Å². The maximum absolute atomic E-state index is 10.9. The van der Waals surface area contributed by atoms with Gasteiger partial charge in [-0.2, -0.15) is 0 Å². The Labute approximate surface area is 125 Å². The molecule has 0 aromatic carbocycles. The number of rotatable bonds is 3. The summed E-state index contributed by atoms with van der Waals surface area (Å²) >= 11 is 1.09. The molecular weight excluding hydrogens is 290 g/mol. The van der Waals surface area contributed by atoms with Gasteiger partial charge in [0.1, 0.15) is 17.0 Å². The van der Waals surface area contributed by atoms with Gasteiger partial charge >= 0.3 is 5.00 Å². The van der Waals surface area contributed by atoms with Crippen LogP contribution in [0.2, 0.25) is 0 Å². The van der Waals surface area contributed by atoms with Gasteiger partial charge < -0.3 is 10.6 Å². The van der Waals surface area contributed by atoms with Crippen LogP contribution in [0.3, 0.4) is 0 Å². The van der Waals surface area contributed by atoms with E-state index in [0.29, 0.717) is 10.7 Å². The lowest BCUT2D eigenvalue weighted by Gasteiger charge is -2.35. The number of hydrogen-bond acceptors (Lipinski definition) is 7. The van der Waals surface area contributed by atoms with Gasteiger partial charge in [0.25, 0.3) is 0 Å². The molecule has 2 N–H and O–H groups in total. The number of nitro groups is 1. The monoisotopic (exact) mass is 307 g/mol.